The molecule has 9 rings (SSSR count). The molecule has 1 atom stereocenters. The molecule has 3 aromatic heterocycles. The van der Waals surface area contributed by atoms with E-state index in [2.05, 4.69) is 20.3 Å². The zero-order valence-electron chi connectivity index (χ0n) is 41.0. The number of nitrogens with one attached hydrogen (secondary N) is 1. The lowest BCUT2D eigenvalue weighted by Crippen LogP contribution is -2.23. The van der Waals surface area contributed by atoms with E-state index in [1.165, 1.54) is 48.9 Å². The summed E-state index contributed by atoms with van der Waals surface area (Å²) in [5.74, 6) is -3.98. The smallest absolute Gasteiger partial charge is 0.416 e. The number of benzene rings is 6. The van der Waals surface area contributed by atoms with Gasteiger partial charge in [-0.1, -0.05) is 18.2 Å². The van der Waals surface area contributed by atoms with Gasteiger partial charge in [0.05, 0.1) is 45.5 Å². The number of carbonyl (C=O) groups is 5. The number of aliphatic carboxylic acids is 3. The van der Waals surface area contributed by atoms with E-state index in [1.54, 1.807) is 85.8 Å². The molecule has 3 heterocycles. The van der Waals surface area contributed by atoms with E-state index in [-0.39, 0.29) is 48.3 Å². The molecule has 0 aliphatic heterocycles. The van der Waals surface area contributed by atoms with Crippen LogP contribution in [0, 0.1) is 20.2 Å². The maximum Gasteiger partial charge on any atom is 0.416 e. The number of oxazole rings is 3. The zero-order chi connectivity index (χ0) is 56.7. The van der Waals surface area contributed by atoms with Crippen molar-refractivity contribution >= 4 is 109 Å². The Bertz CT molecular complexity index is 3780. The second-order valence-corrected chi connectivity index (χ2v) is 16.9. The number of carbonyl (C=O) groups excluding carboxylic acids is 2. The van der Waals surface area contributed by atoms with Gasteiger partial charge in [0.1, 0.15) is 16.6 Å². The van der Waals surface area contributed by atoms with Crippen molar-refractivity contribution in [3.63, 3.8) is 0 Å². The first-order valence-electron chi connectivity index (χ1n) is 22.7. The van der Waals surface area contributed by atoms with Gasteiger partial charge in [-0.2, -0.15) is 28.1 Å². The van der Waals surface area contributed by atoms with Crippen molar-refractivity contribution in [2.45, 2.75) is 45.7 Å². The number of ketones is 1. The van der Waals surface area contributed by atoms with E-state index in [1.807, 2.05) is 0 Å². The van der Waals surface area contributed by atoms with Crippen LogP contribution < -0.4 is 15.1 Å². The fourth-order valence-corrected chi connectivity index (χ4v) is 7.41. The molecule has 0 radical (unpaired) electrons. The summed E-state index contributed by atoms with van der Waals surface area (Å²) in [7, 11) is 1.54. The van der Waals surface area contributed by atoms with Crippen LogP contribution in [0.3, 0.4) is 0 Å². The molecule has 0 saturated carbocycles. The Balaban J connectivity index is 0.000000170. The minimum absolute atomic E-state index is 0.0706. The summed E-state index contributed by atoms with van der Waals surface area (Å²) in [5.41, 5.74) is 4.03. The van der Waals surface area contributed by atoms with Crippen LogP contribution in [-0.2, 0) is 38.2 Å². The zero-order valence-corrected chi connectivity index (χ0v) is 41.0. The van der Waals surface area contributed by atoms with E-state index in [9.17, 15) is 57.4 Å². The molecule has 26 heteroatoms. The maximum atomic E-state index is 12.5. The van der Waals surface area contributed by atoms with Crippen LogP contribution >= 0.6 is 0 Å². The molecule has 78 heavy (non-hydrogen) atoms. The minimum Gasteiger partial charge on any atom is -0.481 e. The Morgan fingerprint density at radius 1 is 0.641 bits per heavy atom. The van der Waals surface area contributed by atoms with Crippen molar-refractivity contribution in [3.05, 3.63) is 169 Å². The summed E-state index contributed by atoms with van der Waals surface area (Å²) in [6, 6.07) is 29.2. The summed E-state index contributed by atoms with van der Waals surface area (Å²) in [6.45, 7) is 4.39. The fraction of sp³-hybridized carbons (Fsp3) is 0.154. The normalized spacial score (nSPS) is 11.4. The molecule has 0 bridgehead atoms. The van der Waals surface area contributed by atoms with Crippen molar-refractivity contribution in [3.8, 4) is 0 Å². The number of hydrogen-bond acceptors (Lipinski definition) is 17. The van der Waals surface area contributed by atoms with Crippen molar-refractivity contribution in [1.29, 1.82) is 0 Å². The molecule has 6 aromatic carbocycles. The average Bonchev–Trinajstić information content (AvgIpc) is 4.18. The summed E-state index contributed by atoms with van der Waals surface area (Å²) >= 11 is 0. The molecule has 9 aromatic rings. The Labute approximate surface area is 436 Å². The summed E-state index contributed by atoms with van der Waals surface area (Å²) in [4.78, 5) is 92.1. The number of carboxylic acid groups (broad SMARTS) is 3. The molecule has 4 N–H and O–H groups in total. The number of hydrogen-bond donors (Lipinski definition) is 4. The monoisotopic (exact) mass is 1070 g/mol. The van der Waals surface area contributed by atoms with Crippen LogP contribution in [-0.4, -0.2) is 76.8 Å². The average molecular weight is 1070 g/mol. The molecule has 1 unspecified atom stereocenters. The van der Waals surface area contributed by atoms with Crippen LogP contribution in [0.15, 0.2) is 135 Å². The predicted octanol–water partition coefficient (Wildman–Crippen LogP) is 11.2. The molecule has 0 saturated heterocycles. The molecule has 1 amide bonds. The SMILES string of the molecule is CC(=O)c1ccc(N(C(C)=O)c2nc3cc(CC(=O)O)ccc3o2)cc1.CC(C(=O)O)c1ccc2oc(N(C)c3ccc([N+](=O)[O-])c([N+](=O)[O-])c3)nc2c1.O=C(O)Cc1ccc2nc(Nc3ccc(C(F)(F)F)cc3)oc2c1. The first-order chi connectivity index (χ1) is 36.8. The van der Waals surface area contributed by atoms with Crippen LogP contribution in [0.5, 0.6) is 0 Å². The Hall–Kier alpha value is -10.5. The standard InChI is InChI=1S/C19H16N2O5.C17H14N4O7.C16H11F3N2O3/c1-11(22)14-4-6-15(7-5-14)21(12(2)23)19-20-16-9-13(10-18(24)25)3-8-17(16)26-19;1-9(16(22)23)10-3-6-15-12(7-10)18-17(28-15)19(2)11-4-5-13(20(24)25)14(8-11)21(26)27;17-16(18,19)10-2-4-11(5-3-10)20-15-21-12-6-1-9(8-14(22)23)7-13(12)24-15/h3-9H,10H2,1-2H3,(H,24,25);3-9H,1-2H3,(H,22,23);1-7H,8H2,(H,20,21)(H,22,23). The van der Waals surface area contributed by atoms with E-state index in [4.69, 9.17) is 28.6 Å². The highest BCUT2D eigenvalue weighted by atomic mass is 19.4. The number of aromatic nitrogens is 3. The van der Waals surface area contributed by atoms with Gasteiger partial charge in [-0.15, -0.1) is 0 Å². The van der Waals surface area contributed by atoms with Crippen molar-refractivity contribution in [2.24, 2.45) is 0 Å². The van der Waals surface area contributed by atoms with Gasteiger partial charge in [0.25, 0.3) is 6.01 Å². The van der Waals surface area contributed by atoms with E-state index in [0.717, 1.165) is 24.3 Å². The number of amides is 1. The van der Waals surface area contributed by atoms with Gasteiger partial charge in [0.15, 0.2) is 22.5 Å². The molecular formula is C52H41F3N8O15. The van der Waals surface area contributed by atoms with Crippen molar-refractivity contribution in [2.75, 3.05) is 22.2 Å². The highest BCUT2D eigenvalue weighted by Crippen LogP contribution is 2.36. The van der Waals surface area contributed by atoms with Crippen molar-refractivity contribution < 1.29 is 75.6 Å². The lowest BCUT2D eigenvalue weighted by Gasteiger charge is -2.16. The molecule has 0 spiro atoms. The van der Waals surface area contributed by atoms with Crippen molar-refractivity contribution in [1.82, 2.24) is 15.0 Å². The Morgan fingerprint density at radius 3 is 1.78 bits per heavy atom. The number of nitrogens with zero attached hydrogens (tertiary/aromatic N) is 7. The van der Waals surface area contributed by atoms with Gasteiger partial charge < -0.3 is 33.9 Å². The van der Waals surface area contributed by atoms with Crippen LogP contribution in [0.4, 0.5) is 59.7 Å². The molecular weight excluding hydrogens is 1030 g/mol. The minimum atomic E-state index is -4.39. The van der Waals surface area contributed by atoms with E-state index in [0.29, 0.717) is 66.9 Å². The molecule has 400 valence electrons. The second kappa shape index (κ2) is 22.9. The highest BCUT2D eigenvalue weighted by Gasteiger charge is 2.30. The van der Waals surface area contributed by atoms with E-state index >= 15 is 0 Å². The number of carboxylic acids is 3. The largest absolute Gasteiger partial charge is 0.481 e. The molecule has 0 aliphatic carbocycles. The van der Waals surface area contributed by atoms with Crippen LogP contribution in [0.1, 0.15) is 59.3 Å². The van der Waals surface area contributed by atoms with Gasteiger partial charge in [0, 0.05) is 37.4 Å². The number of anilines is 6. The van der Waals surface area contributed by atoms with Gasteiger partial charge in [-0.25, -0.2) is 4.90 Å². The van der Waals surface area contributed by atoms with Gasteiger partial charge in [-0.05, 0) is 122 Å². The number of nitro groups is 2. The topological polar surface area (TPSA) is 329 Å². The quantitative estimate of drug-likeness (QED) is 0.0421. The number of Topliss-reactive ketones (excluding diaryl/α,β-unsaturated/α-hetero) is 1. The molecule has 0 aliphatic rings. The lowest BCUT2D eigenvalue weighted by molar-refractivity contribution is -0.422. The van der Waals surface area contributed by atoms with Gasteiger partial charge >= 0.3 is 47.5 Å². The van der Waals surface area contributed by atoms with Gasteiger partial charge in [0.2, 0.25) is 5.91 Å². The number of fused-ring (bicyclic) bond motifs is 3. The predicted molar refractivity (Wildman–Crippen MR) is 273 cm³/mol. The second-order valence-electron chi connectivity index (χ2n) is 16.9. The lowest BCUT2D eigenvalue weighted by atomic mass is 10.0. The maximum absolute atomic E-state index is 12.5. The Kier molecular flexibility index (Phi) is 16.2. The number of halogens is 3. The third kappa shape index (κ3) is 13.2. The Morgan fingerprint density at radius 2 is 1.21 bits per heavy atom. The highest BCUT2D eigenvalue weighted by molar-refractivity contribution is 5.99. The third-order valence-electron chi connectivity index (χ3n) is 11.4. The first kappa shape index (κ1) is 55.2. The number of nitro benzene ring substituents is 2. The number of rotatable bonds is 15. The summed E-state index contributed by atoms with van der Waals surface area (Å²) < 4.78 is 54.3. The summed E-state index contributed by atoms with van der Waals surface area (Å²) in [6.07, 6.45) is -4.66. The molecule has 23 nitrogen and oxygen atoms in total. The third-order valence-corrected chi connectivity index (χ3v) is 11.4. The molecule has 0 fully saturated rings. The fourth-order valence-electron chi connectivity index (χ4n) is 7.41. The van der Waals surface area contributed by atoms with E-state index < -0.39 is 56.8 Å². The first-order valence-corrected chi connectivity index (χ1v) is 22.7. The van der Waals surface area contributed by atoms with Crippen LogP contribution in [0.25, 0.3) is 33.3 Å². The number of alkyl halides is 3. The summed E-state index contributed by atoms with van der Waals surface area (Å²) in [5, 5.41) is 51.6. The van der Waals surface area contributed by atoms with Gasteiger partial charge in [-0.3, -0.25) is 49.1 Å². The van der Waals surface area contributed by atoms with Crippen LogP contribution in [0.2, 0.25) is 0 Å².